The molecule has 0 aliphatic heterocycles. The van der Waals surface area contributed by atoms with Crippen molar-refractivity contribution in [3.8, 4) is 5.75 Å². The third-order valence-electron chi connectivity index (χ3n) is 1.61. The zero-order chi connectivity index (χ0) is 10.7. The van der Waals surface area contributed by atoms with Crippen LogP contribution in [0.5, 0.6) is 5.75 Å². The summed E-state index contributed by atoms with van der Waals surface area (Å²) in [6, 6.07) is 5.02. The van der Waals surface area contributed by atoms with Gasteiger partial charge in [-0.25, -0.2) is 4.79 Å². The minimum Gasteiger partial charge on any atom is -0.421 e. The van der Waals surface area contributed by atoms with Gasteiger partial charge in [0.05, 0.1) is 10.7 Å². The second-order valence-corrected chi connectivity index (χ2v) is 4.41. The van der Waals surface area contributed by atoms with Crippen LogP contribution in [0, 0.1) is 6.20 Å². The third kappa shape index (κ3) is 2.43. The first-order valence-corrected chi connectivity index (χ1v) is 5.72. The first-order valence-electron chi connectivity index (χ1n) is 4.04. The monoisotopic (exact) mass is 282 g/mol. The number of aromatic nitrogens is 1. The highest BCUT2D eigenvalue weighted by atomic mass is 79.9. The van der Waals surface area contributed by atoms with Crippen molar-refractivity contribution >= 4 is 33.2 Å². The van der Waals surface area contributed by atoms with Crippen molar-refractivity contribution < 1.29 is 9.53 Å². The average molecular weight is 283 g/mol. The summed E-state index contributed by atoms with van der Waals surface area (Å²) in [6.07, 6.45) is 4.12. The van der Waals surface area contributed by atoms with Gasteiger partial charge in [-0.15, -0.1) is 11.3 Å². The number of pyridine rings is 1. The Labute approximate surface area is 98.9 Å². The van der Waals surface area contributed by atoms with Crippen LogP contribution in [0.3, 0.4) is 0 Å². The van der Waals surface area contributed by atoms with Gasteiger partial charge in [-0.2, -0.15) is 0 Å². The van der Waals surface area contributed by atoms with E-state index in [0.29, 0.717) is 15.1 Å². The van der Waals surface area contributed by atoms with Crippen molar-refractivity contribution in [3.05, 3.63) is 45.3 Å². The number of nitrogens with zero attached hydrogens (tertiary/aromatic N) is 1. The number of carbonyl (C=O) groups is 1. The molecule has 0 fully saturated rings. The van der Waals surface area contributed by atoms with Crippen molar-refractivity contribution in [2.75, 3.05) is 0 Å². The fraction of sp³-hybridized carbons (Fsp3) is 0. The molecule has 0 amide bonds. The lowest BCUT2D eigenvalue weighted by atomic mass is 10.4. The van der Waals surface area contributed by atoms with Gasteiger partial charge >= 0.3 is 5.97 Å². The lowest BCUT2D eigenvalue weighted by Gasteiger charge is -2.03. The van der Waals surface area contributed by atoms with E-state index in [1.807, 2.05) is 5.38 Å². The van der Waals surface area contributed by atoms with Crippen LogP contribution in [-0.4, -0.2) is 11.0 Å². The van der Waals surface area contributed by atoms with Crippen LogP contribution in [0.2, 0.25) is 0 Å². The minimum atomic E-state index is -0.370. The zero-order valence-electron chi connectivity index (χ0n) is 7.44. The number of hydrogen-bond acceptors (Lipinski definition) is 4. The Morgan fingerprint density at radius 1 is 1.60 bits per heavy atom. The largest absolute Gasteiger partial charge is 0.421 e. The van der Waals surface area contributed by atoms with E-state index in [4.69, 9.17) is 4.74 Å². The van der Waals surface area contributed by atoms with Gasteiger partial charge in [0.2, 0.25) is 0 Å². The minimum absolute atomic E-state index is 0.370. The van der Waals surface area contributed by atoms with E-state index in [1.165, 1.54) is 23.6 Å². The van der Waals surface area contributed by atoms with Crippen molar-refractivity contribution in [1.29, 1.82) is 0 Å². The number of thiophene rings is 1. The first-order chi connectivity index (χ1) is 7.27. The molecule has 15 heavy (non-hydrogen) atoms. The Hall–Kier alpha value is -1.20. The summed E-state index contributed by atoms with van der Waals surface area (Å²) in [5, 5.41) is 1.82. The molecule has 2 aromatic rings. The lowest BCUT2D eigenvalue weighted by molar-refractivity contribution is 0.0738. The molecule has 0 atom stereocenters. The van der Waals surface area contributed by atoms with E-state index in [1.54, 1.807) is 12.1 Å². The Balaban J connectivity index is 2.17. The standard InChI is InChI=1S/C10H5BrNO2S/c11-7-6-12-4-3-8(7)14-10(13)9-2-1-5-15-9/h1-3,5-6H. The molecule has 0 spiro atoms. The molecule has 1 radical (unpaired) electrons. The van der Waals surface area contributed by atoms with Crippen molar-refractivity contribution in [3.63, 3.8) is 0 Å². The molecule has 5 heteroatoms. The Morgan fingerprint density at radius 3 is 3.13 bits per heavy atom. The number of carbonyl (C=O) groups excluding carboxylic acids is 1. The first kappa shape index (κ1) is 10.3. The van der Waals surface area contributed by atoms with E-state index in [-0.39, 0.29) is 5.97 Å². The zero-order valence-corrected chi connectivity index (χ0v) is 9.84. The van der Waals surface area contributed by atoms with Crippen molar-refractivity contribution in [1.82, 2.24) is 4.98 Å². The summed E-state index contributed by atoms with van der Waals surface area (Å²) in [5.74, 6) is 0.0497. The second-order valence-electron chi connectivity index (χ2n) is 2.61. The Morgan fingerprint density at radius 2 is 2.47 bits per heavy atom. The highest BCUT2D eigenvalue weighted by Gasteiger charge is 2.11. The van der Waals surface area contributed by atoms with Gasteiger partial charge in [0.25, 0.3) is 0 Å². The molecule has 75 valence electrons. The molecular formula is C10H5BrNO2S. The van der Waals surface area contributed by atoms with Gasteiger partial charge in [-0.1, -0.05) is 6.07 Å². The fourth-order valence-electron chi connectivity index (χ4n) is 0.945. The molecule has 0 saturated heterocycles. The van der Waals surface area contributed by atoms with Crippen LogP contribution in [0.25, 0.3) is 0 Å². The maximum absolute atomic E-state index is 11.6. The molecule has 0 N–H and O–H groups in total. The SMILES string of the molecule is O=C(Oc1c[c]ncc1Br)c1cccs1. The van der Waals surface area contributed by atoms with E-state index < -0.39 is 0 Å². The van der Waals surface area contributed by atoms with Gasteiger partial charge in [-0.05, 0) is 27.4 Å². The molecule has 2 rings (SSSR count). The summed E-state index contributed by atoms with van der Waals surface area (Å²) in [5.41, 5.74) is 0. The van der Waals surface area contributed by atoms with E-state index in [9.17, 15) is 4.79 Å². The van der Waals surface area contributed by atoms with Crippen LogP contribution in [0.4, 0.5) is 0 Å². The molecule has 2 aromatic heterocycles. The van der Waals surface area contributed by atoms with Gasteiger partial charge in [0.1, 0.15) is 10.6 Å². The van der Waals surface area contributed by atoms with E-state index >= 15 is 0 Å². The fourth-order valence-corrected chi connectivity index (χ4v) is 1.84. The molecular weight excluding hydrogens is 278 g/mol. The van der Waals surface area contributed by atoms with Crippen molar-refractivity contribution in [2.45, 2.75) is 0 Å². The summed E-state index contributed by atoms with van der Waals surface area (Å²) in [6.45, 7) is 0. The maximum atomic E-state index is 11.6. The topological polar surface area (TPSA) is 39.2 Å². The van der Waals surface area contributed by atoms with E-state index in [2.05, 4.69) is 27.1 Å². The van der Waals surface area contributed by atoms with Crippen LogP contribution in [-0.2, 0) is 0 Å². The van der Waals surface area contributed by atoms with Gasteiger partial charge in [0, 0.05) is 12.3 Å². The molecule has 3 nitrogen and oxygen atoms in total. The van der Waals surface area contributed by atoms with Crippen LogP contribution in [0.1, 0.15) is 9.67 Å². The Kier molecular flexibility index (Phi) is 3.13. The number of hydrogen-bond donors (Lipinski definition) is 0. The third-order valence-corrected chi connectivity index (χ3v) is 3.05. The summed E-state index contributed by atoms with van der Waals surface area (Å²) >= 11 is 4.57. The molecule has 0 unspecified atom stereocenters. The predicted octanol–water partition coefficient (Wildman–Crippen LogP) is 2.92. The molecule has 0 aliphatic carbocycles. The second kappa shape index (κ2) is 4.55. The molecule has 0 aliphatic rings. The molecule has 0 saturated carbocycles. The Bertz CT molecular complexity index is 470. The van der Waals surface area contributed by atoms with Crippen molar-refractivity contribution in [2.24, 2.45) is 0 Å². The quantitative estimate of drug-likeness (QED) is 0.795. The molecule has 0 bridgehead atoms. The van der Waals surface area contributed by atoms with Crippen LogP contribution in [0.15, 0.2) is 34.2 Å². The summed E-state index contributed by atoms with van der Waals surface area (Å²) in [7, 11) is 0. The highest BCUT2D eigenvalue weighted by molar-refractivity contribution is 9.10. The summed E-state index contributed by atoms with van der Waals surface area (Å²) < 4.78 is 5.77. The lowest BCUT2D eigenvalue weighted by Crippen LogP contribution is -2.06. The highest BCUT2D eigenvalue weighted by Crippen LogP contribution is 2.24. The number of rotatable bonds is 2. The maximum Gasteiger partial charge on any atom is 0.353 e. The predicted molar refractivity (Wildman–Crippen MR) is 60.1 cm³/mol. The number of halogens is 1. The van der Waals surface area contributed by atoms with Gasteiger partial charge in [0.15, 0.2) is 0 Å². The smallest absolute Gasteiger partial charge is 0.353 e. The van der Waals surface area contributed by atoms with Crippen LogP contribution < -0.4 is 4.74 Å². The number of ether oxygens (including phenoxy) is 1. The van der Waals surface area contributed by atoms with E-state index in [0.717, 1.165) is 0 Å². The molecule has 2 heterocycles. The van der Waals surface area contributed by atoms with Gasteiger partial charge < -0.3 is 4.74 Å². The normalized spacial score (nSPS) is 9.93. The average Bonchev–Trinajstić information content (AvgIpc) is 2.74. The van der Waals surface area contributed by atoms with Crippen LogP contribution >= 0.6 is 27.3 Å². The van der Waals surface area contributed by atoms with Gasteiger partial charge in [-0.3, -0.25) is 4.98 Å². The summed E-state index contributed by atoms with van der Waals surface area (Å²) in [4.78, 5) is 15.9. The molecule has 0 aromatic carbocycles. The number of esters is 1.